The van der Waals surface area contributed by atoms with Crippen LogP contribution in [0.15, 0.2) is 87.8 Å². The molecule has 3 aromatic rings. The largest absolute Gasteiger partial charge is 0.416 e. The Morgan fingerprint density at radius 2 is 1.40 bits per heavy atom. The molecule has 0 N–H and O–H groups in total. The Bertz CT molecular complexity index is 1660. The number of aryl methyl sites for hydroxylation is 2. The van der Waals surface area contributed by atoms with Gasteiger partial charge in [0.05, 0.1) is 16.9 Å². The van der Waals surface area contributed by atoms with Gasteiger partial charge in [-0.2, -0.15) is 13.2 Å². The molecule has 48 heavy (non-hydrogen) atoms. The molecule has 0 unspecified atom stereocenters. The molecule has 0 amide bonds. The van der Waals surface area contributed by atoms with Crippen LogP contribution in [0.5, 0.6) is 0 Å². The van der Waals surface area contributed by atoms with Crippen molar-refractivity contribution < 1.29 is 13.2 Å². The zero-order chi connectivity index (χ0) is 34.6. The van der Waals surface area contributed by atoms with Crippen molar-refractivity contribution in [1.29, 1.82) is 0 Å². The van der Waals surface area contributed by atoms with Crippen LogP contribution in [0, 0.1) is 13.8 Å². The Labute approximate surface area is 290 Å². The van der Waals surface area contributed by atoms with Gasteiger partial charge in [0.1, 0.15) is 0 Å². The third kappa shape index (κ3) is 7.64. The van der Waals surface area contributed by atoms with Crippen molar-refractivity contribution in [2.24, 2.45) is 0 Å². The van der Waals surface area contributed by atoms with Gasteiger partial charge >= 0.3 is 6.18 Å². The number of nitrogens with zero attached hydrogens (tertiary/aromatic N) is 3. The third-order valence-electron chi connectivity index (χ3n) is 9.37. The molecule has 1 saturated heterocycles. The van der Waals surface area contributed by atoms with E-state index in [4.69, 9.17) is 0 Å². The Hall–Kier alpha value is -3.26. The summed E-state index contributed by atoms with van der Waals surface area (Å²) in [4.78, 5) is 9.00. The van der Waals surface area contributed by atoms with E-state index in [0.717, 1.165) is 67.5 Å². The standard InChI is InChI=1S/C37H38F3N3S.2C2H6/c1-24-5-9-30-27(19-24)21-28-20-25(2)6-10-31(28)36(30)26-7-11-34-32(22-26)43(14-4-13-42-17-15-41(3)16-18-42)33-23-29(37(38,39)40)8-12-35(33)44-34;2*1-2/h5-6,8-12,19-20,22-23H,4,7,13-18,21H2,1-3H3;2*1-2H3. The molecular formula is C41H50F3N3S. The fourth-order valence-corrected chi connectivity index (χ4v) is 8.09. The van der Waals surface area contributed by atoms with Gasteiger partial charge in [0.15, 0.2) is 0 Å². The Balaban J connectivity index is 0.00000109. The van der Waals surface area contributed by atoms with Crippen LogP contribution in [0.2, 0.25) is 0 Å². The molecule has 0 aromatic heterocycles. The number of thioether (sulfide) groups is 1. The van der Waals surface area contributed by atoms with E-state index in [1.807, 2.05) is 27.7 Å². The highest BCUT2D eigenvalue weighted by atomic mass is 32.2. The third-order valence-corrected chi connectivity index (χ3v) is 10.5. The van der Waals surface area contributed by atoms with Crippen molar-refractivity contribution in [3.05, 3.63) is 122 Å². The monoisotopic (exact) mass is 673 g/mol. The fraction of sp³-hybridized carbons (Fsp3) is 0.415. The molecule has 3 aromatic carbocycles. The summed E-state index contributed by atoms with van der Waals surface area (Å²) in [7, 11) is 2.15. The molecule has 3 nitrogen and oxygen atoms in total. The minimum atomic E-state index is -4.39. The number of piperazine rings is 1. The molecule has 4 aliphatic rings. The van der Waals surface area contributed by atoms with E-state index in [1.165, 1.54) is 56.7 Å². The molecule has 2 aliphatic carbocycles. The summed E-state index contributed by atoms with van der Waals surface area (Å²) < 4.78 is 41.8. The molecule has 2 heterocycles. The SMILES string of the molecule is CC.CC.Cc1ccc2c(c1)Cc1cc(C)ccc1C2=C1C=C2C(=CC1)Sc1ccc(C(F)(F)F)cc1N2CCCN1CCN(C)CC1. The van der Waals surface area contributed by atoms with Gasteiger partial charge in [-0.1, -0.05) is 93.1 Å². The molecule has 0 atom stereocenters. The van der Waals surface area contributed by atoms with E-state index < -0.39 is 11.7 Å². The predicted molar refractivity (Wildman–Crippen MR) is 198 cm³/mol. The van der Waals surface area contributed by atoms with Crippen LogP contribution in [0.25, 0.3) is 5.57 Å². The lowest BCUT2D eigenvalue weighted by molar-refractivity contribution is -0.137. The van der Waals surface area contributed by atoms with Crippen molar-refractivity contribution in [3.8, 4) is 0 Å². The smallest absolute Gasteiger partial charge is 0.340 e. The number of benzene rings is 3. The van der Waals surface area contributed by atoms with Gasteiger partial charge in [0, 0.05) is 42.5 Å². The van der Waals surface area contributed by atoms with Crippen LogP contribution in [-0.2, 0) is 12.6 Å². The first-order valence-corrected chi connectivity index (χ1v) is 18.4. The lowest BCUT2D eigenvalue weighted by atomic mass is 9.78. The average molecular weight is 674 g/mol. The van der Waals surface area contributed by atoms with Gasteiger partial charge in [-0.15, -0.1) is 0 Å². The zero-order valence-electron chi connectivity index (χ0n) is 29.6. The van der Waals surface area contributed by atoms with Gasteiger partial charge in [-0.05, 0) is 104 Å². The molecule has 7 heteroatoms. The number of fused-ring (bicyclic) bond motifs is 4. The number of alkyl halides is 3. The summed E-state index contributed by atoms with van der Waals surface area (Å²) in [5, 5.41) is 0. The van der Waals surface area contributed by atoms with E-state index in [1.54, 1.807) is 17.8 Å². The van der Waals surface area contributed by atoms with E-state index in [9.17, 15) is 13.2 Å². The predicted octanol–water partition coefficient (Wildman–Crippen LogP) is 10.5. The minimum absolute atomic E-state index is 0.593. The van der Waals surface area contributed by atoms with Gasteiger partial charge in [-0.3, -0.25) is 0 Å². The first-order valence-electron chi connectivity index (χ1n) is 17.6. The number of hydrogen-bond donors (Lipinski definition) is 0. The second kappa shape index (κ2) is 15.5. The minimum Gasteiger partial charge on any atom is -0.340 e. The lowest BCUT2D eigenvalue weighted by Crippen LogP contribution is -2.45. The Morgan fingerprint density at radius 1 is 0.771 bits per heavy atom. The molecule has 2 aliphatic heterocycles. The van der Waals surface area contributed by atoms with Gasteiger partial charge in [0.2, 0.25) is 0 Å². The summed E-state index contributed by atoms with van der Waals surface area (Å²) >= 11 is 1.59. The average Bonchev–Trinajstić information content (AvgIpc) is 3.08. The highest BCUT2D eigenvalue weighted by Crippen LogP contribution is 2.51. The van der Waals surface area contributed by atoms with Crippen molar-refractivity contribution >= 4 is 23.0 Å². The van der Waals surface area contributed by atoms with Gasteiger partial charge in [-0.25, -0.2) is 0 Å². The zero-order valence-corrected chi connectivity index (χ0v) is 30.4. The van der Waals surface area contributed by atoms with E-state index in [2.05, 4.69) is 84.1 Å². The summed E-state index contributed by atoms with van der Waals surface area (Å²) in [6, 6.07) is 17.7. The fourth-order valence-electron chi connectivity index (χ4n) is 7.01. The number of anilines is 1. The maximum Gasteiger partial charge on any atom is 0.416 e. The van der Waals surface area contributed by atoms with Gasteiger partial charge in [0.25, 0.3) is 0 Å². The van der Waals surface area contributed by atoms with Crippen molar-refractivity contribution in [2.75, 3.05) is 51.2 Å². The van der Waals surface area contributed by atoms with Crippen molar-refractivity contribution in [2.45, 2.75) is 71.9 Å². The maximum atomic E-state index is 13.9. The number of likely N-dealkylation sites (N-methyl/N-ethyl adjacent to an activating group) is 1. The first kappa shape index (κ1) is 36.0. The molecule has 1 fully saturated rings. The number of rotatable bonds is 4. The highest BCUT2D eigenvalue weighted by molar-refractivity contribution is 8.03. The van der Waals surface area contributed by atoms with Crippen LogP contribution in [0.1, 0.15) is 79.5 Å². The Kier molecular flexibility index (Phi) is 11.7. The lowest BCUT2D eigenvalue weighted by Gasteiger charge is -2.38. The first-order chi connectivity index (χ1) is 23.1. The quantitative estimate of drug-likeness (QED) is 0.213. The van der Waals surface area contributed by atoms with Crippen LogP contribution >= 0.6 is 11.8 Å². The second-order valence-corrected chi connectivity index (χ2v) is 13.7. The number of hydrogen-bond acceptors (Lipinski definition) is 4. The van der Waals surface area contributed by atoms with E-state index in [0.29, 0.717) is 12.2 Å². The van der Waals surface area contributed by atoms with E-state index >= 15 is 0 Å². The molecule has 256 valence electrons. The topological polar surface area (TPSA) is 9.72 Å². The number of halogens is 3. The molecule has 7 rings (SSSR count). The molecular weight excluding hydrogens is 624 g/mol. The summed E-state index contributed by atoms with van der Waals surface area (Å²) in [5.41, 5.74) is 11.3. The normalized spacial score (nSPS) is 17.4. The summed E-state index contributed by atoms with van der Waals surface area (Å²) in [6.45, 7) is 18.0. The van der Waals surface area contributed by atoms with Crippen LogP contribution in [0.4, 0.5) is 18.9 Å². The van der Waals surface area contributed by atoms with E-state index in [-0.39, 0.29) is 0 Å². The van der Waals surface area contributed by atoms with Crippen LogP contribution in [0.3, 0.4) is 0 Å². The van der Waals surface area contributed by atoms with Gasteiger partial charge < -0.3 is 14.7 Å². The molecule has 0 bridgehead atoms. The highest BCUT2D eigenvalue weighted by Gasteiger charge is 2.35. The Morgan fingerprint density at radius 3 is 2.00 bits per heavy atom. The van der Waals surface area contributed by atoms with Crippen molar-refractivity contribution in [3.63, 3.8) is 0 Å². The maximum absolute atomic E-state index is 13.9. The van der Waals surface area contributed by atoms with Crippen LogP contribution in [-0.4, -0.2) is 56.1 Å². The molecule has 0 spiro atoms. The molecule has 0 saturated carbocycles. The number of allylic oxidation sites excluding steroid dienone is 3. The second-order valence-electron chi connectivity index (χ2n) is 12.6. The summed E-state index contributed by atoms with van der Waals surface area (Å²) in [6.07, 6.45) is 2.74. The van der Waals surface area contributed by atoms with Crippen LogP contribution < -0.4 is 4.90 Å². The van der Waals surface area contributed by atoms with Crippen molar-refractivity contribution in [1.82, 2.24) is 9.80 Å². The molecule has 0 radical (unpaired) electrons. The summed E-state index contributed by atoms with van der Waals surface area (Å²) in [5.74, 6) is 0.